The number of hydrogen-bond donors (Lipinski definition) is 1. The number of furan rings is 1. The van der Waals surface area contributed by atoms with Gasteiger partial charge in [0.2, 0.25) is 0 Å². The Balaban J connectivity index is 1.98. The highest BCUT2D eigenvalue weighted by molar-refractivity contribution is 5.05. The first-order chi connectivity index (χ1) is 7.38. The molecule has 2 aromatic rings. The summed E-state index contributed by atoms with van der Waals surface area (Å²) in [5, 5.41) is 0. The second kappa shape index (κ2) is 4.56. The predicted octanol–water partition coefficient (Wildman–Crippen LogP) is 1.11. The van der Waals surface area contributed by atoms with Crippen LogP contribution in [0.2, 0.25) is 0 Å². The third kappa shape index (κ3) is 2.54. The largest absolute Gasteiger partial charge is 0.466 e. The number of ether oxygens (including phenoxy) is 1. The van der Waals surface area contributed by atoms with Crippen LogP contribution in [0.3, 0.4) is 0 Å². The molecular formula is C10H11N3O2. The van der Waals surface area contributed by atoms with Crippen LogP contribution in [0.4, 0.5) is 0 Å². The molecule has 2 aromatic heterocycles. The predicted molar refractivity (Wildman–Crippen MR) is 53.0 cm³/mol. The normalized spacial score (nSPS) is 10.2. The fourth-order valence-electron chi connectivity index (χ4n) is 1.09. The van der Waals surface area contributed by atoms with Crippen LogP contribution in [0.15, 0.2) is 35.1 Å². The van der Waals surface area contributed by atoms with Crippen LogP contribution in [0.1, 0.15) is 11.5 Å². The maximum absolute atomic E-state index is 5.45. The molecule has 2 rings (SSSR count). The van der Waals surface area contributed by atoms with Gasteiger partial charge in [0.1, 0.15) is 12.4 Å². The fraction of sp³-hybridized carbons (Fsp3) is 0.200. The van der Waals surface area contributed by atoms with E-state index in [1.54, 1.807) is 24.6 Å². The number of rotatable bonds is 4. The zero-order valence-corrected chi connectivity index (χ0v) is 8.09. The van der Waals surface area contributed by atoms with Gasteiger partial charge in [0.05, 0.1) is 12.0 Å². The maximum Gasteiger partial charge on any atom is 0.317 e. The van der Waals surface area contributed by atoms with E-state index >= 15 is 0 Å². The summed E-state index contributed by atoms with van der Waals surface area (Å²) in [6, 6.07) is 5.69. The summed E-state index contributed by atoms with van der Waals surface area (Å²) in [6.07, 6.45) is 3.21. The Kier molecular flexibility index (Phi) is 2.94. The van der Waals surface area contributed by atoms with Crippen LogP contribution >= 0.6 is 0 Å². The standard InChI is InChI=1S/C10H11N3O2/c11-6-8-3-4-12-10(13-8)15-7-9-2-1-5-14-9/h1-5H,6-7,11H2. The topological polar surface area (TPSA) is 74.2 Å². The lowest BCUT2D eigenvalue weighted by Crippen LogP contribution is -2.03. The van der Waals surface area contributed by atoms with Gasteiger partial charge in [-0.1, -0.05) is 0 Å². The highest BCUT2D eigenvalue weighted by Gasteiger charge is 2.01. The van der Waals surface area contributed by atoms with E-state index in [2.05, 4.69) is 9.97 Å². The van der Waals surface area contributed by atoms with Crippen molar-refractivity contribution in [3.8, 4) is 6.01 Å². The minimum Gasteiger partial charge on any atom is -0.466 e. The van der Waals surface area contributed by atoms with Crippen molar-refractivity contribution < 1.29 is 9.15 Å². The van der Waals surface area contributed by atoms with E-state index in [9.17, 15) is 0 Å². The van der Waals surface area contributed by atoms with Crippen molar-refractivity contribution in [3.63, 3.8) is 0 Å². The van der Waals surface area contributed by atoms with Gasteiger partial charge in [0.15, 0.2) is 0 Å². The number of hydrogen-bond acceptors (Lipinski definition) is 5. The Morgan fingerprint density at radius 3 is 3.07 bits per heavy atom. The summed E-state index contributed by atoms with van der Waals surface area (Å²) in [6.45, 7) is 0.695. The second-order valence-electron chi connectivity index (χ2n) is 2.90. The summed E-state index contributed by atoms with van der Waals surface area (Å²) < 4.78 is 10.4. The number of nitrogens with zero attached hydrogens (tertiary/aromatic N) is 2. The smallest absolute Gasteiger partial charge is 0.317 e. The third-order valence-electron chi connectivity index (χ3n) is 1.82. The van der Waals surface area contributed by atoms with Crippen LogP contribution in [0.5, 0.6) is 6.01 Å². The molecule has 0 atom stereocenters. The van der Waals surface area contributed by atoms with Crippen LogP contribution in [0, 0.1) is 0 Å². The molecule has 0 unspecified atom stereocenters. The van der Waals surface area contributed by atoms with Crippen molar-refractivity contribution >= 4 is 0 Å². The van der Waals surface area contributed by atoms with Crippen LogP contribution in [-0.4, -0.2) is 9.97 Å². The van der Waals surface area contributed by atoms with Crippen molar-refractivity contribution in [2.75, 3.05) is 0 Å². The monoisotopic (exact) mass is 205 g/mol. The fourth-order valence-corrected chi connectivity index (χ4v) is 1.09. The molecule has 0 aliphatic rings. The summed E-state index contributed by atoms with van der Waals surface area (Å²) in [5.41, 5.74) is 6.19. The Labute approximate surface area is 86.9 Å². The molecule has 0 aliphatic heterocycles. The molecule has 0 spiro atoms. The summed E-state index contributed by atoms with van der Waals surface area (Å²) >= 11 is 0. The highest BCUT2D eigenvalue weighted by Crippen LogP contribution is 2.07. The Hall–Kier alpha value is -1.88. The van der Waals surface area contributed by atoms with Gasteiger partial charge in [-0.3, -0.25) is 0 Å². The minimum absolute atomic E-state index is 0.314. The van der Waals surface area contributed by atoms with Crippen LogP contribution in [-0.2, 0) is 13.2 Å². The summed E-state index contributed by atoms with van der Waals surface area (Å²) in [5.74, 6) is 0.733. The van der Waals surface area contributed by atoms with Crippen LogP contribution < -0.4 is 10.5 Å². The van der Waals surface area contributed by atoms with E-state index in [-0.39, 0.29) is 0 Å². The molecule has 5 nitrogen and oxygen atoms in total. The van der Waals surface area contributed by atoms with Gasteiger partial charge in [-0.25, -0.2) is 4.98 Å². The average molecular weight is 205 g/mol. The SMILES string of the molecule is NCc1ccnc(OCc2ccco2)n1. The minimum atomic E-state index is 0.314. The lowest BCUT2D eigenvalue weighted by atomic mass is 10.4. The Bertz CT molecular complexity index is 414. The molecular weight excluding hydrogens is 194 g/mol. The summed E-state index contributed by atoms with van der Waals surface area (Å²) in [7, 11) is 0. The van der Waals surface area contributed by atoms with Gasteiger partial charge in [0, 0.05) is 12.7 Å². The first-order valence-corrected chi connectivity index (χ1v) is 4.55. The molecule has 0 aliphatic carbocycles. The third-order valence-corrected chi connectivity index (χ3v) is 1.82. The van der Waals surface area contributed by atoms with E-state index in [0.29, 0.717) is 19.2 Å². The lowest BCUT2D eigenvalue weighted by Gasteiger charge is -2.02. The van der Waals surface area contributed by atoms with Crippen molar-refractivity contribution in [2.45, 2.75) is 13.2 Å². The molecule has 0 radical (unpaired) electrons. The van der Waals surface area contributed by atoms with Crippen LogP contribution in [0.25, 0.3) is 0 Å². The molecule has 0 amide bonds. The lowest BCUT2D eigenvalue weighted by molar-refractivity contribution is 0.249. The molecule has 2 heterocycles. The van der Waals surface area contributed by atoms with E-state index in [4.69, 9.17) is 14.9 Å². The van der Waals surface area contributed by atoms with Gasteiger partial charge >= 0.3 is 6.01 Å². The molecule has 78 valence electrons. The van der Waals surface area contributed by atoms with Gasteiger partial charge in [-0.2, -0.15) is 4.98 Å². The van der Waals surface area contributed by atoms with Gasteiger partial charge < -0.3 is 14.9 Å². The first kappa shape index (κ1) is 9.67. The van der Waals surface area contributed by atoms with E-state index in [0.717, 1.165) is 11.5 Å². The summed E-state index contributed by atoms with van der Waals surface area (Å²) in [4.78, 5) is 8.05. The highest BCUT2D eigenvalue weighted by atomic mass is 16.5. The van der Waals surface area contributed by atoms with E-state index in [1.807, 2.05) is 6.07 Å². The second-order valence-corrected chi connectivity index (χ2v) is 2.90. The zero-order chi connectivity index (χ0) is 10.5. The van der Waals surface area contributed by atoms with Gasteiger partial charge in [-0.15, -0.1) is 0 Å². The van der Waals surface area contributed by atoms with Crippen molar-refractivity contribution in [2.24, 2.45) is 5.73 Å². The number of nitrogens with two attached hydrogens (primary N) is 1. The van der Waals surface area contributed by atoms with Gasteiger partial charge in [-0.05, 0) is 18.2 Å². The molecule has 5 heteroatoms. The quantitative estimate of drug-likeness (QED) is 0.809. The Morgan fingerprint density at radius 1 is 1.40 bits per heavy atom. The number of aromatic nitrogens is 2. The molecule has 0 aromatic carbocycles. The molecule has 0 saturated heterocycles. The zero-order valence-electron chi connectivity index (χ0n) is 8.09. The van der Waals surface area contributed by atoms with E-state index in [1.165, 1.54) is 0 Å². The Morgan fingerprint density at radius 2 is 2.33 bits per heavy atom. The molecule has 2 N–H and O–H groups in total. The first-order valence-electron chi connectivity index (χ1n) is 4.55. The van der Waals surface area contributed by atoms with Gasteiger partial charge in [0.25, 0.3) is 0 Å². The van der Waals surface area contributed by atoms with Crippen molar-refractivity contribution in [1.82, 2.24) is 9.97 Å². The molecule has 0 bridgehead atoms. The van der Waals surface area contributed by atoms with Crippen molar-refractivity contribution in [3.05, 3.63) is 42.1 Å². The molecule has 0 saturated carbocycles. The maximum atomic E-state index is 5.45. The van der Waals surface area contributed by atoms with Crippen molar-refractivity contribution in [1.29, 1.82) is 0 Å². The van der Waals surface area contributed by atoms with E-state index < -0.39 is 0 Å². The molecule has 0 fully saturated rings. The average Bonchev–Trinajstić information content (AvgIpc) is 2.79. The molecule has 15 heavy (non-hydrogen) atoms.